The highest BCUT2D eigenvalue weighted by Crippen LogP contribution is 2.20. The molecule has 0 aromatic rings. The molecule has 0 radical (unpaired) electrons. The lowest BCUT2D eigenvalue weighted by Crippen LogP contribution is -2.47. The van der Waals surface area contributed by atoms with Crippen LogP contribution < -0.4 is 5.32 Å². The van der Waals surface area contributed by atoms with Crippen LogP contribution in [0.15, 0.2) is 0 Å². The van der Waals surface area contributed by atoms with Crippen molar-refractivity contribution in [3.8, 4) is 6.07 Å². The van der Waals surface area contributed by atoms with Crippen LogP contribution in [0.3, 0.4) is 0 Å². The molecule has 0 aromatic carbocycles. The fourth-order valence-corrected chi connectivity index (χ4v) is 3.14. The molecule has 1 heterocycles. The molecular formula is C17H34N4. The maximum Gasteiger partial charge on any atom is 0.105 e. The molecule has 0 aromatic heterocycles. The van der Waals surface area contributed by atoms with Gasteiger partial charge in [0.2, 0.25) is 0 Å². The first-order valence-electron chi connectivity index (χ1n) is 8.45. The molecule has 0 saturated carbocycles. The van der Waals surface area contributed by atoms with Crippen molar-refractivity contribution in [2.75, 3.05) is 40.3 Å². The number of piperidine rings is 1. The molecule has 1 aliphatic heterocycles. The van der Waals surface area contributed by atoms with E-state index in [-0.39, 0.29) is 0 Å². The molecule has 1 saturated heterocycles. The third-order valence-corrected chi connectivity index (χ3v) is 4.85. The number of hydrogen-bond donors (Lipinski definition) is 1. The van der Waals surface area contributed by atoms with E-state index in [1.165, 1.54) is 25.9 Å². The third kappa shape index (κ3) is 6.34. The minimum Gasteiger partial charge on any atom is -0.306 e. The Hall–Kier alpha value is -0.630. The van der Waals surface area contributed by atoms with Crippen molar-refractivity contribution in [1.82, 2.24) is 15.1 Å². The Bertz CT molecular complexity index is 330. The largest absolute Gasteiger partial charge is 0.306 e. The van der Waals surface area contributed by atoms with Gasteiger partial charge in [0.15, 0.2) is 0 Å². The van der Waals surface area contributed by atoms with Gasteiger partial charge in [-0.15, -0.1) is 0 Å². The van der Waals surface area contributed by atoms with Crippen molar-refractivity contribution in [3.63, 3.8) is 0 Å². The van der Waals surface area contributed by atoms with Gasteiger partial charge in [0, 0.05) is 12.6 Å². The molecule has 0 spiro atoms. The van der Waals surface area contributed by atoms with E-state index < -0.39 is 5.54 Å². The van der Waals surface area contributed by atoms with Gasteiger partial charge in [-0.1, -0.05) is 6.92 Å². The molecule has 4 nitrogen and oxygen atoms in total. The van der Waals surface area contributed by atoms with Crippen LogP contribution in [0.2, 0.25) is 0 Å². The molecule has 1 N–H and O–H groups in total. The lowest BCUT2D eigenvalue weighted by Gasteiger charge is -2.36. The zero-order valence-electron chi connectivity index (χ0n) is 14.7. The van der Waals surface area contributed by atoms with Gasteiger partial charge in [0.1, 0.15) is 5.54 Å². The van der Waals surface area contributed by atoms with Crippen molar-refractivity contribution in [2.45, 2.75) is 58.0 Å². The summed E-state index contributed by atoms with van der Waals surface area (Å²) in [7, 11) is 4.42. The highest BCUT2D eigenvalue weighted by molar-refractivity contribution is 5.05. The van der Waals surface area contributed by atoms with Crippen LogP contribution in [-0.4, -0.2) is 61.7 Å². The molecule has 2 unspecified atom stereocenters. The van der Waals surface area contributed by atoms with E-state index in [2.05, 4.69) is 49.1 Å². The number of nitriles is 1. The van der Waals surface area contributed by atoms with Crippen LogP contribution in [0.1, 0.15) is 46.5 Å². The Labute approximate surface area is 131 Å². The molecule has 122 valence electrons. The van der Waals surface area contributed by atoms with Crippen LogP contribution in [0, 0.1) is 17.2 Å². The minimum atomic E-state index is -0.406. The van der Waals surface area contributed by atoms with Crippen molar-refractivity contribution in [3.05, 3.63) is 0 Å². The Balaban J connectivity index is 2.42. The minimum absolute atomic E-state index is 0.406. The lowest BCUT2D eigenvalue weighted by molar-refractivity contribution is 0.142. The van der Waals surface area contributed by atoms with E-state index in [1.54, 1.807) is 0 Å². The molecule has 0 bridgehead atoms. The van der Waals surface area contributed by atoms with Crippen molar-refractivity contribution in [1.29, 1.82) is 5.26 Å². The van der Waals surface area contributed by atoms with Crippen LogP contribution in [0.4, 0.5) is 0 Å². The Morgan fingerprint density at radius 1 is 1.43 bits per heavy atom. The molecule has 1 aliphatic rings. The average molecular weight is 294 g/mol. The van der Waals surface area contributed by atoms with E-state index in [0.29, 0.717) is 6.04 Å². The normalized spacial score (nSPS) is 22.0. The second kappa shape index (κ2) is 8.73. The monoisotopic (exact) mass is 294 g/mol. The second-order valence-electron chi connectivity index (χ2n) is 7.11. The van der Waals surface area contributed by atoms with Gasteiger partial charge in [-0.25, -0.2) is 0 Å². The molecular weight excluding hydrogens is 260 g/mol. The zero-order valence-corrected chi connectivity index (χ0v) is 14.7. The molecule has 21 heavy (non-hydrogen) atoms. The number of rotatable bonds is 8. The average Bonchev–Trinajstić information content (AvgIpc) is 2.47. The highest BCUT2D eigenvalue weighted by Gasteiger charge is 2.28. The van der Waals surface area contributed by atoms with Gasteiger partial charge in [0.25, 0.3) is 0 Å². The van der Waals surface area contributed by atoms with Gasteiger partial charge in [0.05, 0.1) is 6.07 Å². The van der Waals surface area contributed by atoms with Gasteiger partial charge < -0.3 is 9.80 Å². The van der Waals surface area contributed by atoms with E-state index >= 15 is 0 Å². The quantitative estimate of drug-likeness (QED) is 0.746. The van der Waals surface area contributed by atoms with Gasteiger partial charge in [-0.05, 0) is 79.2 Å². The summed E-state index contributed by atoms with van der Waals surface area (Å²) >= 11 is 0. The van der Waals surface area contributed by atoms with Crippen LogP contribution in [0.5, 0.6) is 0 Å². The van der Waals surface area contributed by atoms with Crippen molar-refractivity contribution in [2.24, 2.45) is 5.92 Å². The smallest absolute Gasteiger partial charge is 0.105 e. The number of hydrogen-bond acceptors (Lipinski definition) is 4. The second-order valence-corrected chi connectivity index (χ2v) is 7.11. The first-order chi connectivity index (χ1) is 9.90. The Morgan fingerprint density at radius 2 is 2.05 bits per heavy atom. The number of likely N-dealkylation sites (tertiary alicyclic amines) is 1. The summed E-state index contributed by atoms with van der Waals surface area (Å²) in [6.45, 7) is 10.9. The summed E-state index contributed by atoms with van der Waals surface area (Å²) in [4.78, 5) is 4.86. The van der Waals surface area contributed by atoms with E-state index in [9.17, 15) is 5.26 Å². The van der Waals surface area contributed by atoms with E-state index in [0.717, 1.165) is 31.8 Å². The van der Waals surface area contributed by atoms with E-state index in [1.807, 2.05) is 6.92 Å². The van der Waals surface area contributed by atoms with E-state index in [4.69, 9.17) is 0 Å². The summed E-state index contributed by atoms with van der Waals surface area (Å²) in [5.74, 6) is 0.811. The molecule has 4 heteroatoms. The molecule has 2 atom stereocenters. The first-order valence-corrected chi connectivity index (χ1v) is 8.45. The molecule has 0 amide bonds. The van der Waals surface area contributed by atoms with Gasteiger partial charge in [-0.2, -0.15) is 5.26 Å². The topological polar surface area (TPSA) is 42.3 Å². The zero-order chi connectivity index (χ0) is 15.9. The van der Waals surface area contributed by atoms with Gasteiger partial charge >= 0.3 is 0 Å². The Morgan fingerprint density at radius 3 is 2.57 bits per heavy atom. The Kier molecular flexibility index (Phi) is 7.65. The van der Waals surface area contributed by atoms with Gasteiger partial charge in [-0.3, -0.25) is 5.32 Å². The lowest BCUT2D eigenvalue weighted by atomic mass is 9.92. The van der Waals surface area contributed by atoms with Crippen LogP contribution in [-0.2, 0) is 0 Å². The maximum absolute atomic E-state index is 9.46. The highest BCUT2D eigenvalue weighted by atomic mass is 15.1. The fraction of sp³-hybridized carbons (Fsp3) is 0.941. The number of nitrogens with one attached hydrogen (secondary N) is 1. The van der Waals surface area contributed by atoms with Crippen molar-refractivity contribution >= 4 is 0 Å². The third-order valence-electron chi connectivity index (χ3n) is 4.85. The molecule has 1 rings (SSSR count). The van der Waals surface area contributed by atoms with Crippen LogP contribution in [0.25, 0.3) is 0 Å². The number of nitrogens with zero attached hydrogens (tertiary/aromatic N) is 3. The summed E-state index contributed by atoms with van der Waals surface area (Å²) in [6, 6.07) is 2.89. The summed E-state index contributed by atoms with van der Waals surface area (Å²) in [5, 5.41) is 12.9. The SMILES string of the molecule is CCCNC(C)(C#N)CC(C)N(C)CC1CCN(C)CC1. The first kappa shape index (κ1) is 18.4. The van der Waals surface area contributed by atoms with Crippen LogP contribution >= 0.6 is 0 Å². The standard InChI is InChI=1S/C17H34N4/c1-6-9-19-17(3,14-18)12-15(2)21(5)13-16-7-10-20(4)11-8-16/h15-16,19H,6-13H2,1-5H3. The summed E-state index contributed by atoms with van der Waals surface area (Å²) in [6.07, 6.45) is 4.55. The van der Waals surface area contributed by atoms with Crippen molar-refractivity contribution < 1.29 is 0 Å². The molecule has 1 fully saturated rings. The molecule has 0 aliphatic carbocycles. The summed E-state index contributed by atoms with van der Waals surface area (Å²) in [5.41, 5.74) is -0.406. The maximum atomic E-state index is 9.46. The fourth-order valence-electron chi connectivity index (χ4n) is 3.14. The predicted octanol–water partition coefficient (Wildman–Crippen LogP) is 2.32. The summed E-state index contributed by atoms with van der Waals surface area (Å²) < 4.78 is 0. The predicted molar refractivity (Wildman–Crippen MR) is 89.2 cm³/mol.